The van der Waals surface area contributed by atoms with E-state index in [1.165, 1.54) is 4.90 Å². The second-order valence-electron chi connectivity index (χ2n) is 7.54. The van der Waals surface area contributed by atoms with E-state index in [2.05, 4.69) is 0 Å². The Balaban J connectivity index is 2.11. The Labute approximate surface area is 131 Å². The lowest BCUT2D eigenvalue weighted by molar-refractivity contribution is -0.0273. The van der Waals surface area contributed by atoms with E-state index in [-0.39, 0.29) is 24.5 Å². The number of hydrogen-bond donors (Lipinski definition) is 2. The van der Waals surface area contributed by atoms with Crippen molar-refractivity contribution in [2.45, 2.75) is 56.8 Å². The first-order valence-electron chi connectivity index (χ1n) is 7.56. The van der Waals surface area contributed by atoms with Crippen molar-refractivity contribution in [3.8, 4) is 0 Å². The fourth-order valence-electron chi connectivity index (χ4n) is 3.19. The highest BCUT2D eigenvalue weighted by molar-refractivity contribution is 7.91. The van der Waals surface area contributed by atoms with Gasteiger partial charge in [0, 0.05) is 6.54 Å². The average molecular weight is 334 g/mol. The zero-order valence-electron chi connectivity index (χ0n) is 13.5. The lowest BCUT2D eigenvalue weighted by Gasteiger charge is -2.44. The standard InChI is InChI=1S/C14H26N2O5S/c1-12(2,3)21-11(17)16-7-6-14(18,9-16)13(15)5-4-8-22(19,20)10-13/h18H,4-10,15H2,1-3H3. The second kappa shape index (κ2) is 5.35. The summed E-state index contributed by atoms with van der Waals surface area (Å²) in [6.07, 6.45) is 0.627. The molecule has 2 fully saturated rings. The third-order valence-electron chi connectivity index (χ3n) is 4.38. The van der Waals surface area contributed by atoms with Crippen molar-refractivity contribution in [2.75, 3.05) is 24.6 Å². The van der Waals surface area contributed by atoms with Gasteiger partial charge in [0.25, 0.3) is 0 Å². The highest BCUT2D eigenvalue weighted by atomic mass is 32.2. The van der Waals surface area contributed by atoms with Crippen LogP contribution in [-0.2, 0) is 14.6 Å². The molecule has 0 spiro atoms. The smallest absolute Gasteiger partial charge is 0.410 e. The molecule has 2 heterocycles. The summed E-state index contributed by atoms with van der Waals surface area (Å²) < 4.78 is 29.0. The van der Waals surface area contributed by atoms with Gasteiger partial charge in [-0.05, 0) is 40.0 Å². The Morgan fingerprint density at radius 1 is 1.32 bits per heavy atom. The van der Waals surface area contributed by atoms with Crippen molar-refractivity contribution in [1.82, 2.24) is 4.90 Å². The number of likely N-dealkylation sites (tertiary alicyclic amines) is 1. The van der Waals surface area contributed by atoms with E-state index in [0.717, 1.165) is 0 Å². The van der Waals surface area contributed by atoms with Gasteiger partial charge in [0.2, 0.25) is 0 Å². The minimum atomic E-state index is -3.25. The van der Waals surface area contributed by atoms with Crippen molar-refractivity contribution in [2.24, 2.45) is 5.73 Å². The Kier molecular flexibility index (Phi) is 4.25. The maximum atomic E-state index is 12.1. The first-order valence-corrected chi connectivity index (χ1v) is 9.38. The molecule has 0 saturated carbocycles. The van der Waals surface area contributed by atoms with Crippen LogP contribution in [0.15, 0.2) is 0 Å². The van der Waals surface area contributed by atoms with Crippen LogP contribution in [0.4, 0.5) is 4.79 Å². The van der Waals surface area contributed by atoms with E-state index in [1.54, 1.807) is 20.8 Å². The van der Waals surface area contributed by atoms with Crippen LogP contribution in [0.5, 0.6) is 0 Å². The van der Waals surface area contributed by atoms with Crippen molar-refractivity contribution in [3.05, 3.63) is 0 Å². The van der Waals surface area contributed by atoms with Gasteiger partial charge in [-0.1, -0.05) is 0 Å². The highest BCUT2D eigenvalue weighted by Gasteiger charge is 2.55. The van der Waals surface area contributed by atoms with Crippen molar-refractivity contribution in [3.63, 3.8) is 0 Å². The Bertz CT molecular complexity index is 556. The summed E-state index contributed by atoms with van der Waals surface area (Å²) in [6, 6.07) is 0. The molecule has 2 atom stereocenters. The lowest BCUT2D eigenvalue weighted by Crippen LogP contribution is -2.67. The predicted molar refractivity (Wildman–Crippen MR) is 82.2 cm³/mol. The first kappa shape index (κ1) is 17.5. The number of carbonyl (C=O) groups is 1. The van der Waals surface area contributed by atoms with Gasteiger partial charge in [0.05, 0.1) is 23.6 Å². The summed E-state index contributed by atoms with van der Waals surface area (Å²) in [5, 5.41) is 10.9. The third kappa shape index (κ3) is 3.55. The van der Waals surface area contributed by atoms with Gasteiger partial charge in [-0.2, -0.15) is 0 Å². The van der Waals surface area contributed by atoms with Crippen LogP contribution in [0.1, 0.15) is 40.0 Å². The average Bonchev–Trinajstić information content (AvgIpc) is 2.70. The minimum Gasteiger partial charge on any atom is -0.444 e. The van der Waals surface area contributed by atoms with Crippen LogP contribution >= 0.6 is 0 Å². The number of ether oxygens (including phenoxy) is 1. The van der Waals surface area contributed by atoms with E-state index in [9.17, 15) is 18.3 Å². The topological polar surface area (TPSA) is 110 Å². The molecule has 0 bridgehead atoms. The van der Waals surface area contributed by atoms with Crippen LogP contribution in [0.3, 0.4) is 0 Å². The van der Waals surface area contributed by atoms with E-state index in [4.69, 9.17) is 10.5 Å². The van der Waals surface area contributed by atoms with Crippen molar-refractivity contribution < 1.29 is 23.1 Å². The molecular weight excluding hydrogens is 308 g/mol. The zero-order valence-corrected chi connectivity index (χ0v) is 14.3. The molecule has 2 rings (SSSR count). The number of β-amino-alcohol motifs (C(OH)–C–C–N with tert-alkyl or cyclic N) is 1. The fourth-order valence-corrected chi connectivity index (χ4v) is 5.12. The van der Waals surface area contributed by atoms with Crippen molar-refractivity contribution in [1.29, 1.82) is 0 Å². The Hall–Kier alpha value is -0.860. The molecule has 22 heavy (non-hydrogen) atoms. The van der Waals surface area contributed by atoms with Gasteiger partial charge < -0.3 is 20.5 Å². The predicted octanol–water partition coefficient (Wildman–Crippen LogP) is 0.264. The maximum Gasteiger partial charge on any atom is 0.410 e. The normalized spacial score (nSPS) is 35.4. The van der Waals surface area contributed by atoms with E-state index >= 15 is 0 Å². The number of amides is 1. The van der Waals surface area contributed by atoms with Crippen LogP contribution < -0.4 is 5.73 Å². The number of carbonyl (C=O) groups excluding carboxylic acids is 1. The van der Waals surface area contributed by atoms with Crippen LogP contribution in [-0.4, -0.2) is 65.9 Å². The highest BCUT2D eigenvalue weighted by Crippen LogP contribution is 2.37. The maximum absolute atomic E-state index is 12.1. The molecule has 1 amide bonds. The van der Waals surface area contributed by atoms with Crippen LogP contribution in [0, 0.1) is 0 Å². The molecule has 0 radical (unpaired) electrons. The van der Waals surface area contributed by atoms with Gasteiger partial charge >= 0.3 is 6.09 Å². The monoisotopic (exact) mass is 334 g/mol. The van der Waals surface area contributed by atoms with Crippen LogP contribution in [0.2, 0.25) is 0 Å². The summed E-state index contributed by atoms with van der Waals surface area (Å²) in [5.74, 6) is -0.129. The molecule has 3 N–H and O–H groups in total. The second-order valence-corrected chi connectivity index (χ2v) is 9.72. The minimum absolute atomic E-state index is 0.00787. The number of nitrogens with zero attached hydrogens (tertiary/aromatic N) is 1. The van der Waals surface area contributed by atoms with E-state index < -0.39 is 32.7 Å². The Morgan fingerprint density at radius 2 is 1.95 bits per heavy atom. The molecule has 2 aliphatic heterocycles. The largest absolute Gasteiger partial charge is 0.444 e. The summed E-state index contributed by atoms with van der Waals surface area (Å²) >= 11 is 0. The molecular formula is C14H26N2O5S. The van der Waals surface area contributed by atoms with Gasteiger partial charge in [0.15, 0.2) is 9.84 Å². The summed E-state index contributed by atoms with van der Waals surface area (Å²) in [7, 11) is -3.25. The van der Waals surface area contributed by atoms with Gasteiger partial charge in [-0.15, -0.1) is 0 Å². The van der Waals surface area contributed by atoms with E-state index in [0.29, 0.717) is 19.4 Å². The van der Waals surface area contributed by atoms with Gasteiger partial charge in [-0.3, -0.25) is 0 Å². The summed E-state index contributed by atoms with van der Waals surface area (Å²) in [4.78, 5) is 13.5. The molecule has 0 aromatic heterocycles. The molecule has 0 aromatic carbocycles. The first-order chi connectivity index (χ1) is 9.86. The molecule has 128 valence electrons. The van der Waals surface area contributed by atoms with Gasteiger partial charge in [-0.25, -0.2) is 13.2 Å². The van der Waals surface area contributed by atoms with Crippen LogP contribution in [0.25, 0.3) is 0 Å². The molecule has 0 aliphatic carbocycles. The molecule has 7 nitrogen and oxygen atoms in total. The number of aliphatic hydroxyl groups is 1. The van der Waals surface area contributed by atoms with Gasteiger partial charge in [0.1, 0.15) is 11.2 Å². The number of sulfone groups is 1. The molecule has 0 aromatic rings. The third-order valence-corrected chi connectivity index (χ3v) is 6.25. The zero-order chi connectivity index (χ0) is 16.8. The quantitative estimate of drug-likeness (QED) is 0.712. The van der Waals surface area contributed by atoms with Crippen molar-refractivity contribution >= 4 is 15.9 Å². The fraction of sp³-hybridized carbons (Fsp3) is 0.929. The number of hydrogen-bond acceptors (Lipinski definition) is 6. The molecule has 8 heteroatoms. The Morgan fingerprint density at radius 3 is 2.50 bits per heavy atom. The summed E-state index contributed by atoms with van der Waals surface area (Å²) in [6.45, 7) is 5.63. The summed E-state index contributed by atoms with van der Waals surface area (Å²) in [5.41, 5.74) is 3.04. The lowest BCUT2D eigenvalue weighted by atomic mass is 9.77. The number of nitrogens with two attached hydrogens (primary N) is 1. The molecule has 2 unspecified atom stereocenters. The molecule has 2 aliphatic rings. The SMILES string of the molecule is CC(C)(C)OC(=O)N1CCC(O)(C2(N)CCCS(=O)(=O)C2)C1. The van der Waals surface area contributed by atoms with E-state index in [1.807, 2.05) is 0 Å². The number of rotatable bonds is 1. The molecule has 2 saturated heterocycles.